The molecule has 0 saturated heterocycles. The van der Waals surface area contributed by atoms with Crippen molar-refractivity contribution in [2.75, 3.05) is 18.2 Å². The number of anilines is 1. The van der Waals surface area contributed by atoms with E-state index < -0.39 is 22.7 Å². The summed E-state index contributed by atoms with van der Waals surface area (Å²) in [6, 6.07) is 8.06. The first kappa shape index (κ1) is 21.2. The van der Waals surface area contributed by atoms with Gasteiger partial charge >= 0.3 is 5.97 Å². The van der Waals surface area contributed by atoms with Crippen LogP contribution in [-0.2, 0) is 9.53 Å². The molecule has 11 heteroatoms. The molecule has 3 N–H and O–H groups in total. The number of esters is 1. The summed E-state index contributed by atoms with van der Waals surface area (Å²) in [6.45, 7) is 0. The third-order valence-electron chi connectivity index (χ3n) is 3.45. The zero-order valence-corrected chi connectivity index (χ0v) is 16.0. The lowest BCUT2D eigenvalue weighted by Gasteiger charge is -2.08. The number of nitrogens with two attached hydrogens (primary N) is 1. The van der Waals surface area contributed by atoms with Crippen LogP contribution in [0.25, 0.3) is 0 Å². The van der Waals surface area contributed by atoms with Gasteiger partial charge in [-0.1, -0.05) is 11.6 Å². The standard InChI is InChI=1S/C17H14ClN3O6S/c1-27-17(24)11-7-10(3-4-12(11)18)20-15(22)8-28-14-5-2-9(16(19)23)6-13(14)21(25)26/h2-7H,8H2,1H3,(H2,19,23)(H,20,22). The number of carbonyl (C=O) groups is 3. The van der Waals surface area contributed by atoms with E-state index in [4.69, 9.17) is 17.3 Å². The highest BCUT2D eigenvalue weighted by Gasteiger charge is 2.18. The van der Waals surface area contributed by atoms with Crippen molar-refractivity contribution < 1.29 is 24.0 Å². The molecule has 0 aliphatic carbocycles. The maximum absolute atomic E-state index is 12.2. The number of ether oxygens (including phenoxy) is 1. The molecule has 146 valence electrons. The highest BCUT2D eigenvalue weighted by molar-refractivity contribution is 8.00. The summed E-state index contributed by atoms with van der Waals surface area (Å²) < 4.78 is 4.61. The summed E-state index contributed by atoms with van der Waals surface area (Å²) in [5.74, 6) is -2.05. The second kappa shape index (κ2) is 9.20. The van der Waals surface area contributed by atoms with Crippen molar-refractivity contribution in [1.82, 2.24) is 0 Å². The highest BCUT2D eigenvalue weighted by atomic mass is 35.5. The Morgan fingerprint density at radius 2 is 1.96 bits per heavy atom. The Balaban J connectivity index is 2.10. The number of amides is 2. The molecule has 0 fully saturated rings. The van der Waals surface area contributed by atoms with E-state index >= 15 is 0 Å². The number of thioether (sulfide) groups is 1. The predicted octanol–water partition coefficient (Wildman–Crippen LogP) is 2.86. The van der Waals surface area contributed by atoms with Crippen molar-refractivity contribution in [3.63, 3.8) is 0 Å². The maximum atomic E-state index is 12.2. The summed E-state index contributed by atoms with van der Waals surface area (Å²) in [5, 5.41) is 13.9. The fourth-order valence-electron chi connectivity index (χ4n) is 2.15. The van der Waals surface area contributed by atoms with Gasteiger partial charge < -0.3 is 15.8 Å². The molecule has 0 radical (unpaired) electrons. The first-order valence-corrected chi connectivity index (χ1v) is 8.98. The number of nitro groups is 1. The van der Waals surface area contributed by atoms with Gasteiger partial charge in [0.15, 0.2) is 0 Å². The molecule has 0 aliphatic rings. The Bertz CT molecular complexity index is 966. The second-order valence-electron chi connectivity index (χ2n) is 5.33. The minimum absolute atomic E-state index is 0.00277. The first-order chi connectivity index (χ1) is 13.2. The monoisotopic (exact) mass is 423 g/mol. The van der Waals surface area contributed by atoms with E-state index in [1.807, 2.05) is 0 Å². The third kappa shape index (κ3) is 5.21. The first-order valence-electron chi connectivity index (χ1n) is 7.61. The van der Waals surface area contributed by atoms with Crippen molar-refractivity contribution in [3.8, 4) is 0 Å². The normalized spacial score (nSPS) is 10.2. The van der Waals surface area contributed by atoms with Gasteiger partial charge in [0.1, 0.15) is 0 Å². The Kier molecular flexibility index (Phi) is 6.96. The average molecular weight is 424 g/mol. The van der Waals surface area contributed by atoms with Crippen molar-refractivity contribution in [1.29, 1.82) is 0 Å². The number of halogens is 1. The lowest BCUT2D eigenvalue weighted by molar-refractivity contribution is -0.387. The van der Waals surface area contributed by atoms with E-state index in [0.29, 0.717) is 5.69 Å². The maximum Gasteiger partial charge on any atom is 0.339 e. The lowest BCUT2D eigenvalue weighted by atomic mass is 10.2. The van der Waals surface area contributed by atoms with Gasteiger partial charge in [0.2, 0.25) is 11.8 Å². The number of methoxy groups -OCH3 is 1. The quantitative estimate of drug-likeness (QED) is 0.301. The molecular formula is C17H14ClN3O6S. The van der Waals surface area contributed by atoms with Gasteiger partial charge in [-0.2, -0.15) is 0 Å². The van der Waals surface area contributed by atoms with Gasteiger partial charge in [-0.3, -0.25) is 19.7 Å². The second-order valence-corrected chi connectivity index (χ2v) is 6.75. The van der Waals surface area contributed by atoms with Crippen molar-refractivity contribution in [3.05, 3.63) is 62.7 Å². The number of carbonyl (C=O) groups excluding carboxylic acids is 3. The zero-order chi connectivity index (χ0) is 20.8. The molecule has 0 saturated carbocycles. The molecule has 2 rings (SSSR count). The van der Waals surface area contributed by atoms with Crippen LogP contribution in [0, 0.1) is 10.1 Å². The number of nitro benzene ring substituents is 1. The van der Waals surface area contributed by atoms with Gasteiger partial charge in [0.25, 0.3) is 5.69 Å². The van der Waals surface area contributed by atoms with E-state index in [9.17, 15) is 24.5 Å². The fourth-order valence-corrected chi connectivity index (χ4v) is 3.14. The number of rotatable bonds is 7. The largest absolute Gasteiger partial charge is 0.465 e. The summed E-state index contributed by atoms with van der Waals surface area (Å²) >= 11 is 6.83. The SMILES string of the molecule is COC(=O)c1cc(NC(=O)CSc2ccc(C(N)=O)cc2[N+](=O)[O-])ccc1Cl. The van der Waals surface area contributed by atoms with Crippen molar-refractivity contribution >= 4 is 52.5 Å². The molecule has 0 heterocycles. The van der Waals surface area contributed by atoms with Crippen LogP contribution >= 0.6 is 23.4 Å². The van der Waals surface area contributed by atoms with Crippen LogP contribution in [0.1, 0.15) is 20.7 Å². The number of nitrogens with zero attached hydrogens (tertiary/aromatic N) is 1. The Labute approximate surface area is 168 Å². The summed E-state index contributed by atoms with van der Waals surface area (Å²) in [7, 11) is 1.21. The van der Waals surface area contributed by atoms with Gasteiger partial charge in [-0.15, -0.1) is 11.8 Å². The predicted molar refractivity (Wildman–Crippen MR) is 104 cm³/mol. The van der Waals surface area contributed by atoms with Crippen molar-refractivity contribution in [2.45, 2.75) is 4.90 Å². The average Bonchev–Trinajstić information content (AvgIpc) is 2.66. The van der Waals surface area contributed by atoms with E-state index in [-0.39, 0.29) is 32.5 Å². The Morgan fingerprint density at radius 3 is 2.57 bits per heavy atom. The number of benzene rings is 2. The molecule has 0 aliphatic heterocycles. The topological polar surface area (TPSA) is 142 Å². The van der Waals surface area contributed by atoms with Crippen molar-refractivity contribution in [2.24, 2.45) is 5.73 Å². The molecule has 9 nitrogen and oxygen atoms in total. The molecular weight excluding hydrogens is 410 g/mol. The molecule has 0 bridgehead atoms. The zero-order valence-electron chi connectivity index (χ0n) is 14.4. The number of nitrogens with one attached hydrogen (secondary N) is 1. The third-order valence-corrected chi connectivity index (χ3v) is 4.85. The van der Waals surface area contributed by atoms with Crippen LogP contribution in [0.2, 0.25) is 5.02 Å². The van der Waals surface area contributed by atoms with Crippen LogP contribution in [0.3, 0.4) is 0 Å². The molecule has 2 aromatic carbocycles. The smallest absolute Gasteiger partial charge is 0.339 e. The van der Waals surface area contributed by atoms with Crippen LogP contribution in [0.15, 0.2) is 41.3 Å². The summed E-state index contributed by atoms with van der Waals surface area (Å²) in [4.78, 5) is 45.7. The van der Waals surface area contributed by atoms with Crippen LogP contribution < -0.4 is 11.1 Å². The van der Waals surface area contributed by atoms with Crippen LogP contribution in [-0.4, -0.2) is 35.6 Å². The van der Waals surface area contributed by atoms with Crippen LogP contribution in [0.5, 0.6) is 0 Å². The number of primary amides is 1. The molecule has 2 amide bonds. The minimum Gasteiger partial charge on any atom is -0.465 e. The van der Waals surface area contributed by atoms with Gasteiger partial charge in [-0.25, -0.2) is 4.79 Å². The van der Waals surface area contributed by atoms with Gasteiger partial charge in [0, 0.05) is 17.3 Å². The Morgan fingerprint density at radius 1 is 1.25 bits per heavy atom. The minimum atomic E-state index is -0.790. The summed E-state index contributed by atoms with van der Waals surface area (Å²) in [5.41, 5.74) is 5.20. The fraction of sp³-hybridized carbons (Fsp3) is 0.118. The highest BCUT2D eigenvalue weighted by Crippen LogP contribution is 2.30. The molecule has 2 aromatic rings. The van der Waals surface area contributed by atoms with Crippen LogP contribution in [0.4, 0.5) is 11.4 Å². The summed E-state index contributed by atoms with van der Waals surface area (Å²) in [6.07, 6.45) is 0. The molecule has 0 unspecified atom stereocenters. The van der Waals surface area contributed by atoms with Gasteiger partial charge in [0.05, 0.1) is 33.3 Å². The number of hydrogen-bond donors (Lipinski definition) is 2. The number of hydrogen-bond acceptors (Lipinski definition) is 7. The van der Waals surface area contributed by atoms with E-state index in [2.05, 4.69) is 10.1 Å². The van der Waals surface area contributed by atoms with E-state index in [1.165, 1.54) is 37.4 Å². The molecule has 28 heavy (non-hydrogen) atoms. The molecule has 0 spiro atoms. The van der Waals surface area contributed by atoms with E-state index in [1.54, 1.807) is 0 Å². The molecule has 0 aromatic heterocycles. The van der Waals surface area contributed by atoms with Gasteiger partial charge in [-0.05, 0) is 30.3 Å². The lowest BCUT2D eigenvalue weighted by Crippen LogP contribution is -2.15. The molecule has 0 atom stereocenters. The Hall–Kier alpha value is -3.11. The van der Waals surface area contributed by atoms with E-state index in [0.717, 1.165) is 17.8 Å².